The van der Waals surface area contributed by atoms with Crippen LogP contribution in [0.4, 0.5) is 10.8 Å². The van der Waals surface area contributed by atoms with E-state index >= 15 is 0 Å². The third-order valence-corrected chi connectivity index (χ3v) is 7.33. The number of aromatic carboxylic acids is 1. The average Bonchev–Trinajstić information content (AvgIpc) is 3.16. The van der Waals surface area contributed by atoms with Crippen LogP contribution < -0.4 is 15.2 Å². The molecule has 3 aromatic rings. The Morgan fingerprint density at radius 2 is 1.55 bits per heavy atom. The molecule has 12 nitrogen and oxygen atoms in total. The molecule has 0 atom stereocenters. The number of rotatable bonds is 7. The number of carbonyl (C=O) groups excluding carboxylic acids is 1. The van der Waals surface area contributed by atoms with Crippen LogP contribution in [0.3, 0.4) is 0 Å². The topological polar surface area (TPSA) is 199 Å². The molecule has 1 amide bonds. The van der Waals surface area contributed by atoms with Gasteiger partial charge in [-0.05, 0) is 36.4 Å². The molecule has 0 spiro atoms. The Kier molecular flexibility index (Phi) is 6.03. The number of benzene rings is 2. The maximum Gasteiger partial charge on any atom is 0.336 e. The van der Waals surface area contributed by atoms with Gasteiger partial charge in [-0.2, -0.15) is 0 Å². The number of anilines is 2. The largest absolute Gasteiger partial charge is 0.478 e. The minimum Gasteiger partial charge on any atom is -0.478 e. The van der Waals surface area contributed by atoms with Crippen LogP contribution in [-0.2, 0) is 20.0 Å². The van der Waals surface area contributed by atoms with Gasteiger partial charge in [-0.25, -0.2) is 26.8 Å². The third kappa shape index (κ3) is 5.21. The molecular formula is C16H13N5O7S3. The lowest BCUT2D eigenvalue weighted by Gasteiger charge is -2.09. The highest BCUT2D eigenvalue weighted by molar-refractivity contribution is 7.93. The number of carbonyl (C=O) groups is 2. The molecule has 0 unspecified atom stereocenters. The van der Waals surface area contributed by atoms with E-state index in [0.29, 0.717) is 11.3 Å². The minimum absolute atomic E-state index is 0.0599. The highest BCUT2D eigenvalue weighted by Gasteiger charge is 2.21. The van der Waals surface area contributed by atoms with Crippen LogP contribution in [-0.4, -0.2) is 44.0 Å². The van der Waals surface area contributed by atoms with E-state index < -0.39 is 36.3 Å². The Hall–Kier alpha value is -3.40. The Balaban J connectivity index is 1.76. The van der Waals surface area contributed by atoms with Crippen LogP contribution in [0.5, 0.6) is 0 Å². The Labute approximate surface area is 179 Å². The molecule has 162 valence electrons. The number of nitrogens with zero attached hydrogens (tertiary/aromatic N) is 2. The van der Waals surface area contributed by atoms with Crippen LogP contribution >= 0.6 is 11.3 Å². The summed E-state index contributed by atoms with van der Waals surface area (Å²) in [6, 6.07) is 10.6. The molecule has 0 aliphatic carbocycles. The molecule has 1 heterocycles. The zero-order valence-electron chi connectivity index (χ0n) is 15.2. The summed E-state index contributed by atoms with van der Waals surface area (Å²) in [5.74, 6) is -1.95. The normalized spacial score (nSPS) is 11.6. The van der Waals surface area contributed by atoms with Gasteiger partial charge in [-0.3, -0.25) is 9.52 Å². The van der Waals surface area contributed by atoms with Gasteiger partial charge in [0.2, 0.25) is 9.47 Å². The monoisotopic (exact) mass is 483 g/mol. The molecule has 0 aliphatic rings. The van der Waals surface area contributed by atoms with E-state index in [-0.39, 0.29) is 26.8 Å². The molecule has 31 heavy (non-hydrogen) atoms. The average molecular weight is 484 g/mol. The van der Waals surface area contributed by atoms with Crippen molar-refractivity contribution in [3.63, 3.8) is 0 Å². The fraction of sp³-hybridized carbons (Fsp3) is 0. The number of hydrogen-bond donors (Lipinski definition) is 4. The summed E-state index contributed by atoms with van der Waals surface area (Å²) < 4.78 is 48.8. The molecule has 0 bridgehead atoms. The van der Waals surface area contributed by atoms with E-state index in [0.717, 1.165) is 0 Å². The second-order valence-electron chi connectivity index (χ2n) is 5.85. The lowest BCUT2D eigenvalue weighted by molar-refractivity contribution is 0.0692. The van der Waals surface area contributed by atoms with Crippen LogP contribution in [0.15, 0.2) is 57.8 Å². The first-order valence-corrected chi connectivity index (χ1v) is 11.9. The van der Waals surface area contributed by atoms with E-state index in [9.17, 15) is 31.5 Å². The Morgan fingerprint density at radius 1 is 0.935 bits per heavy atom. The van der Waals surface area contributed by atoms with Gasteiger partial charge in [0.1, 0.15) is 0 Å². The summed E-state index contributed by atoms with van der Waals surface area (Å²) in [4.78, 5) is 23.4. The summed E-state index contributed by atoms with van der Waals surface area (Å²) in [6.07, 6.45) is 0. The van der Waals surface area contributed by atoms with E-state index in [1.165, 1.54) is 48.5 Å². The number of nitrogens with one attached hydrogen (secondary N) is 2. The minimum atomic E-state index is -4.13. The number of amides is 1. The fourth-order valence-electron chi connectivity index (χ4n) is 2.32. The van der Waals surface area contributed by atoms with Gasteiger partial charge in [0.25, 0.3) is 26.0 Å². The molecule has 5 N–H and O–H groups in total. The predicted octanol–water partition coefficient (Wildman–Crippen LogP) is 0.937. The van der Waals surface area contributed by atoms with Gasteiger partial charge in [-0.15, -0.1) is 10.2 Å². The Bertz CT molecular complexity index is 1370. The van der Waals surface area contributed by atoms with Crippen molar-refractivity contribution in [2.45, 2.75) is 9.24 Å². The van der Waals surface area contributed by atoms with Crippen LogP contribution in [0.1, 0.15) is 20.7 Å². The molecule has 2 aromatic carbocycles. The lowest BCUT2D eigenvalue weighted by Crippen LogP contribution is -2.16. The van der Waals surface area contributed by atoms with Gasteiger partial charge < -0.3 is 10.4 Å². The number of carboxylic acid groups (broad SMARTS) is 1. The first-order chi connectivity index (χ1) is 14.5. The molecule has 1 aromatic heterocycles. The number of primary sulfonamides is 1. The van der Waals surface area contributed by atoms with E-state index in [1.807, 2.05) is 0 Å². The van der Waals surface area contributed by atoms with Gasteiger partial charge >= 0.3 is 5.97 Å². The molecule has 0 saturated carbocycles. The zero-order chi connectivity index (χ0) is 22.8. The summed E-state index contributed by atoms with van der Waals surface area (Å²) in [5, 5.41) is 23.0. The standard InChI is InChI=1S/C16H13N5O7S3/c17-30(25,26)16-20-19-15(29-16)21-31(27,28)10-7-5-9(6-8-10)18-13(22)11-3-1-2-4-12(11)14(23)24/h1-8H,(H,18,22)(H,19,21)(H,23,24)(H2,17,25,26). The smallest absolute Gasteiger partial charge is 0.336 e. The van der Waals surface area contributed by atoms with Crippen molar-refractivity contribution in [1.29, 1.82) is 0 Å². The molecule has 3 rings (SSSR count). The summed E-state index contributed by atoms with van der Waals surface area (Å²) >= 11 is 0.444. The van der Waals surface area contributed by atoms with Crippen molar-refractivity contribution in [3.8, 4) is 0 Å². The number of sulfonamides is 2. The van der Waals surface area contributed by atoms with Gasteiger partial charge in [0.05, 0.1) is 16.0 Å². The van der Waals surface area contributed by atoms with Gasteiger partial charge in [0, 0.05) is 5.69 Å². The number of hydrogen-bond acceptors (Lipinski definition) is 9. The first kappa shape index (κ1) is 22.3. The van der Waals surface area contributed by atoms with E-state index in [4.69, 9.17) is 5.14 Å². The van der Waals surface area contributed by atoms with Crippen LogP contribution in [0, 0.1) is 0 Å². The Morgan fingerprint density at radius 3 is 2.10 bits per heavy atom. The van der Waals surface area contributed by atoms with Crippen LogP contribution in [0.25, 0.3) is 0 Å². The molecule has 0 aliphatic heterocycles. The third-order valence-electron chi connectivity index (χ3n) is 3.70. The van der Waals surface area contributed by atoms with Crippen molar-refractivity contribution >= 4 is 54.1 Å². The van der Waals surface area contributed by atoms with Crippen molar-refractivity contribution < 1.29 is 31.5 Å². The highest BCUT2D eigenvalue weighted by atomic mass is 32.2. The maximum absolute atomic E-state index is 12.4. The second-order valence-corrected chi connectivity index (χ2v) is 10.2. The molecule has 0 fully saturated rings. The number of aromatic nitrogens is 2. The number of nitrogens with two attached hydrogens (primary N) is 1. The molecule has 0 radical (unpaired) electrons. The zero-order valence-corrected chi connectivity index (χ0v) is 17.7. The SMILES string of the molecule is NS(=O)(=O)c1nnc(NS(=O)(=O)c2ccc(NC(=O)c3ccccc3C(=O)O)cc2)s1. The summed E-state index contributed by atoms with van der Waals surface area (Å²) in [5.41, 5.74) is -0.0221. The lowest BCUT2D eigenvalue weighted by atomic mass is 10.1. The fourth-order valence-corrected chi connectivity index (χ4v) is 4.89. The summed E-state index contributed by atoms with van der Waals surface area (Å²) in [7, 11) is -8.25. The molecular weight excluding hydrogens is 470 g/mol. The van der Waals surface area contributed by atoms with Gasteiger partial charge in [0.15, 0.2) is 0 Å². The quantitative estimate of drug-likeness (QED) is 0.377. The van der Waals surface area contributed by atoms with E-state index in [1.54, 1.807) is 0 Å². The number of carboxylic acids is 1. The van der Waals surface area contributed by atoms with Crippen molar-refractivity contribution in [3.05, 3.63) is 59.7 Å². The predicted molar refractivity (Wildman–Crippen MR) is 110 cm³/mol. The summed E-state index contributed by atoms with van der Waals surface area (Å²) in [6.45, 7) is 0. The first-order valence-electron chi connectivity index (χ1n) is 8.10. The second kappa shape index (κ2) is 8.38. The highest BCUT2D eigenvalue weighted by Crippen LogP contribution is 2.23. The van der Waals surface area contributed by atoms with Gasteiger partial charge in [-0.1, -0.05) is 23.5 Å². The van der Waals surface area contributed by atoms with Crippen molar-refractivity contribution in [2.75, 3.05) is 10.0 Å². The maximum atomic E-state index is 12.4. The van der Waals surface area contributed by atoms with Crippen LogP contribution in [0.2, 0.25) is 0 Å². The molecule has 15 heteroatoms. The van der Waals surface area contributed by atoms with E-state index in [2.05, 4.69) is 20.2 Å². The molecule has 0 saturated heterocycles. The van der Waals surface area contributed by atoms with Crippen molar-refractivity contribution in [2.24, 2.45) is 5.14 Å². The van der Waals surface area contributed by atoms with Crippen molar-refractivity contribution in [1.82, 2.24) is 10.2 Å².